The van der Waals surface area contributed by atoms with Gasteiger partial charge in [0.2, 0.25) is 0 Å². The molecule has 0 bridgehead atoms. The quantitative estimate of drug-likeness (QED) is 0.702. The average Bonchev–Trinajstić information content (AvgIpc) is 2.69. The zero-order valence-corrected chi connectivity index (χ0v) is 15.1. The lowest BCUT2D eigenvalue weighted by atomic mass is 10.1. The van der Waals surface area contributed by atoms with E-state index in [4.69, 9.17) is 4.74 Å². The number of aromatic nitrogens is 2. The van der Waals surface area contributed by atoms with Crippen molar-refractivity contribution in [3.05, 3.63) is 70.1 Å². The van der Waals surface area contributed by atoms with E-state index in [1.807, 2.05) is 0 Å². The Morgan fingerprint density at radius 3 is 2.41 bits per heavy atom. The number of hydrogen-bond donors (Lipinski definition) is 1. The van der Waals surface area contributed by atoms with Crippen LogP contribution < -0.4 is 10.9 Å². The lowest BCUT2D eigenvalue weighted by Gasteiger charge is -2.12. The van der Waals surface area contributed by atoms with Crippen LogP contribution in [0.5, 0.6) is 0 Å². The minimum atomic E-state index is -0.523. The SMILES string of the molecule is CCOC(=O)c1ccccc1NC(=O)c1nn(CC)c(=O)c2ccccc12. The lowest BCUT2D eigenvalue weighted by Crippen LogP contribution is -2.27. The van der Waals surface area contributed by atoms with Crippen LogP contribution in [0.1, 0.15) is 34.7 Å². The van der Waals surface area contributed by atoms with E-state index >= 15 is 0 Å². The number of nitrogens with one attached hydrogen (secondary N) is 1. The number of amides is 1. The first-order chi connectivity index (χ1) is 13.1. The summed E-state index contributed by atoms with van der Waals surface area (Å²) in [6.45, 7) is 4.06. The van der Waals surface area contributed by atoms with E-state index in [1.54, 1.807) is 62.4 Å². The number of para-hydroxylation sites is 1. The molecular weight excluding hydrogens is 346 g/mol. The largest absolute Gasteiger partial charge is 0.462 e. The molecule has 0 atom stereocenters. The number of nitrogens with zero attached hydrogens (tertiary/aromatic N) is 2. The van der Waals surface area contributed by atoms with E-state index in [0.717, 1.165) is 0 Å². The number of carbonyl (C=O) groups excluding carboxylic acids is 2. The standard InChI is InChI=1S/C20H19N3O4/c1-3-23-19(25)14-10-6-5-9-13(14)17(22-23)18(24)21-16-12-8-7-11-15(16)20(26)27-4-2/h5-12H,3-4H2,1-2H3,(H,21,24). The van der Waals surface area contributed by atoms with E-state index in [2.05, 4.69) is 10.4 Å². The summed E-state index contributed by atoms with van der Waals surface area (Å²) < 4.78 is 6.27. The second-order valence-corrected chi connectivity index (χ2v) is 5.74. The Morgan fingerprint density at radius 2 is 1.70 bits per heavy atom. The Kier molecular flexibility index (Phi) is 5.30. The summed E-state index contributed by atoms with van der Waals surface area (Å²) in [4.78, 5) is 37.4. The first kappa shape index (κ1) is 18.3. The maximum absolute atomic E-state index is 12.9. The van der Waals surface area contributed by atoms with Crippen molar-refractivity contribution >= 4 is 28.3 Å². The van der Waals surface area contributed by atoms with Crippen LogP contribution in [-0.4, -0.2) is 28.3 Å². The maximum Gasteiger partial charge on any atom is 0.340 e. The molecule has 0 saturated heterocycles. The number of esters is 1. The molecule has 1 aromatic heterocycles. The molecule has 0 saturated carbocycles. The molecular formula is C20H19N3O4. The molecule has 1 N–H and O–H groups in total. The minimum Gasteiger partial charge on any atom is -0.462 e. The summed E-state index contributed by atoms with van der Waals surface area (Å²) in [7, 11) is 0. The van der Waals surface area contributed by atoms with Gasteiger partial charge in [-0.1, -0.05) is 30.3 Å². The summed E-state index contributed by atoms with van der Waals surface area (Å²) in [6.07, 6.45) is 0. The summed E-state index contributed by atoms with van der Waals surface area (Å²) >= 11 is 0. The Balaban J connectivity index is 2.05. The molecule has 7 heteroatoms. The molecule has 3 rings (SSSR count). The van der Waals surface area contributed by atoms with Gasteiger partial charge in [-0.25, -0.2) is 9.48 Å². The highest BCUT2D eigenvalue weighted by molar-refractivity contribution is 6.12. The molecule has 1 amide bonds. The van der Waals surface area contributed by atoms with E-state index in [9.17, 15) is 14.4 Å². The Bertz CT molecular complexity index is 1070. The van der Waals surface area contributed by atoms with Crippen molar-refractivity contribution < 1.29 is 14.3 Å². The van der Waals surface area contributed by atoms with Gasteiger partial charge in [-0.2, -0.15) is 5.10 Å². The average molecular weight is 365 g/mol. The third-order valence-electron chi connectivity index (χ3n) is 4.05. The summed E-state index contributed by atoms with van der Waals surface area (Å²) in [6, 6.07) is 13.4. The smallest absolute Gasteiger partial charge is 0.340 e. The molecule has 7 nitrogen and oxygen atoms in total. The van der Waals surface area contributed by atoms with Gasteiger partial charge in [-0.15, -0.1) is 0 Å². The van der Waals surface area contributed by atoms with Gasteiger partial charge in [-0.05, 0) is 32.0 Å². The van der Waals surface area contributed by atoms with Crippen molar-refractivity contribution in [2.24, 2.45) is 0 Å². The molecule has 0 aliphatic carbocycles. The van der Waals surface area contributed by atoms with Crippen LogP contribution in [0.15, 0.2) is 53.3 Å². The van der Waals surface area contributed by atoms with Crippen LogP contribution in [0.25, 0.3) is 10.8 Å². The zero-order chi connectivity index (χ0) is 19.4. The highest BCUT2D eigenvalue weighted by atomic mass is 16.5. The van der Waals surface area contributed by atoms with Crippen LogP contribution in [-0.2, 0) is 11.3 Å². The topological polar surface area (TPSA) is 90.3 Å². The second kappa shape index (κ2) is 7.82. The monoisotopic (exact) mass is 365 g/mol. The molecule has 0 fully saturated rings. The van der Waals surface area contributed by atoms with Crippen LogP contribution in [0, 0.1) is 0 Å². The van der Waals surface area contributed by atoms with Crippen LogP contribution in [0.4, 0.5) is 5.69 Å². The third kappa shape index (κ3) is 3.57. The van der Waals surface area contributed by atoms with Gasteiger partial charge in [0.05, 0.1) is 23.2 Å². The predicted octanol–water partition coefficient (Wildman–Crippen LogP) is 2.85. The predicted molar refractivity (Wildman–Crippen MR) is 102 cm³/mol. The van der Waals surface area contributed by atoms with Crippen molar-refractivity contribution in [2.45, 2.75) is 20.4 Å². The van der Waals surface area contributed by atoms with Crippen molar-refractivity contribution in [2.75, 3.05) is 11.9 Å². The van der Waals surface area contributed by atoms with Gasteiger partial charge in [0.15, 0.2) is 5.69 Å². The number of anilines is 1. The summed E-state index contributed by atoms with van der Waals surface area (Å²) in [5, 5.41) is 7.78. The van der Waals surface area contributed by atoms with Gasteiger partial charge >= 0.3 is 5.97 Å². The van der Waals surface area contributed by atoms with Crippen molar-refractivity contribution in [3.8, 4) is 0 Å². The van der Waals surface area contributed by atoms with Crippen molar-refractivity contribution in [3.63, 3.8) is 0 Å². The Labute approximate surface area is 155 Å². The van der Waals surface area contributed by atoms with Crippen LogP contribution >= 0.6 is 0 Å². The number of fused-ring (bicyclic) bond motifs is 1. The highest BCUT2D eigenvalue weighted by Crippen LogP contribution is 2.19. The lowest BCUT2D eigenvalue weighted by molar-refractivity contribution is 0.0527. The number of rotatable bonds is 5. The maximum atomic E-state index is 12.9. The van der Waals surface area contributed by atoms with Gasteiger partial charge in [0.1, 0.15) is 0 Å². The zero-order valence-electron chi connectivity index (χ0n) is 15.1. The normalized spacial score (nSPS) is 10.6. The molecule has 2 aromatic carbocycles. The van der Waals surface area contributed by atoms with Gasteiger partial charge < -0.3 is 10.1 Å². The summed E-state index contributed by atoms with van der Waals surface area (Å²) in [5.41, 5.74) is 0.434. The molecule has 0 aliphatic rings. The fourth-order valence-corrected chi connectivity index (χ4v) is 2.78. The fourth-order valence-electron chi connectivity index (χ4n) is 2.78. The number of benzene rings is 2. The molecule has 3 aromatic rings. The Morgan fingerprint density at radius 1 is 1.04 bits per heavy atom. The molecule has 0 unspecified atom stereocenters. The van der Waals surface area contributed by atoms with Crippen molar-refractivity contribution in [1.82, 2.24) is 9.78 Å². The van der Waals surface area contributed by atoms with Gasteiger partial charge in [0.25, 0.3) is 11.5 Å². The van der Waals surface area contributed by atoms with E-state index in [0.29, 0.717) is 23.0 Å². The minimum absolute atomic E-state index is 0.116. The molecule has 0 aliphatic heterocycles. The fraction of sp³-hybridized carbons (Fsp3) is 0.200. The highest BCUT2D eigenvalue weighted by Gasteiger charge is 2.19. The molecule has 27 heavy (non-hydrogen) atoms. The first-order valence-corrected chi connectivity index (χ1v) is 8.64. The van der Waals surface area contributed by atoms with Gasteiger partial charge in [0, 0.05) is 11.9 Å². The molecule has 0 radical (unpaired) electrons. The number of hydrogen-bond acceptors (Lipinski definition) is 5. The van der Waals surface area contributed by atoms with E-state index in [1.165, 1.54) is 4.68 Å². The first-order valence-electron chi connectivity index (χ1n) is 8.64. The number of ether oxygens (including phenoxy) is 1. The third-order valence-corrected chi connectivity index (χ3v) is 4.05. The van der Waals surface area contributed by atoms with Crippen LogP contribution in [0.3, 0.4) is 0 Å². The van der Waals surface area contributed by atoms with Gasteiger partial charge in [-0.3, -0.25) is 9.59 Å². The molecule has 1 heterocycles. The second-order valence-electron chi connectivity index (χ2n) is 5.74. The summed E-state index contributed by atoms with van der Waals surface area (Å²) in [5.74, 6) is -1.03. The number of carbonyl (C=O) groups is 2. The molecule has 138 valence electrons. The Hall–Kier alpha value is -3.48. The van der Waals surface area contributed by atoms with E-state index in [-0.39, 0.29) is 23.4 Å². The number of aryl methyl sites for hydroxylation is 1. The van der Waals surface area contributed by atoms with Crippen molar-refractivity contribution in [1.29, 1.82) is 0 Å². The van der Waals surface area contributed by atoms with E-state index < -0.39 is 11.9 Å². The molecule has 0 spiro atoms. The van der Waals surface area contributed by atoms with Crippen LogP contribution in [0.2, 0.25) is 0 Å².